The molecule has 4 aromatic rings. The second-order valence-corrected chi connectivity index (χ2v) is 8.07. The highest BCUT2D eigenvalue weighted by Crippen LogP contribution is 2.40. The van der Waals surface area contributed by atoms with Crippen LogP contribution in [-0.2, 0) is 0 Å². The van der Waals surface area contributed by atoms with Gasteiger partial charge in [-0.05, 0) is 62.2 Å². The lowest BCUT2D eigenvalue weighted by atomic mass is 10.1. The monoisotopic (exact) mass is 447 g/mol. The zero-order chi connectivity index (χ0) is 22.2. The largest absolute Gasteiger partial charge is 0.423 e. The lowest BCUT2D eigenvalue weighted by molar-refractivity contribution is 0.0736. The fraction of sp³-hybridized carbons (Fsp3) is 0.167. The second kappa shape index (κ2) is 8.09. The van der Waals surface area contributed by atoms with Gasteiger partial charge in [0, 0.05) is 17.3 Å². The van der Waals surface area contributed by atoms with Crippen molar-refractivity contribution < 1.29 is 18.8 Å². The molecule has 0 aliphatic heterocycles. The summed E-state index contributed by atoms with van der Waals surface area (Å²) in [6, 6.07) is 15.1. The van der Waals surface area contributed by atoms with E-state index < -0.39 is 5.97 Å². The normalized spacial score (nSPS) is 13.2. The number of carbonyl (C=O) groups is 2. The molecule has 1 N–H and O–H groups in total. The molecule has 7 nitrogen and oxygen atoms in total. The molecule has 1 saturated carbocycles. The summed E-state index contributed by atoms with van der Waals surface area (Å²) in [4.78, 5) is 29.9. The van der Waals surface area contributed by atoms with Crippen LogP contribution in [0.4, 0.5) is 5.69 Å². The van der Waals surface area contributed by atoms with Gasteiger partial charge < -0.3 is 14.6 Å². The van der Waals surface area contributed by atoms with Gasteiger partial charge in [-0.3, -0.25) is 4.79 Å². The van der Waals surface area contributed by atoms with Crippen molar-refractivity contribution in [1.29, 1.82) is 0 Å². The van der Waals surface area contributed by atoms with Gasteiger partial charge in [0.25, 0.3) is 11.6 Å². The van der Waals surface area contributed by atoms with Crippen molar-refractivity contribution in [2.24, 2.45) is 0 Å². The van der Waals surface area contributed by atoms with Crippen LogP contribution < -0.4 is 10.1 Å². The third kappa shape index (κ3) is 3.94. The number of hydrogen-bond acceptors (Lipinski definition) is 6. The second-order valence-electron chi connectivity index (χ2n) is 7.66. The molecule has 2 aromatic heterocycles. The number of pyridine rings is 1. The summed E-state index contributed by atoms with van der Waals surface area (Å²) in [7, 11) is 0. The first-order valence-electron chi connectivity index (χ1n) is 10.1. The van der Waals surface area contributed by atoms with E-state index >= 15 is 0 Å². The van der Waals surface area contributed by atoms with E-state index in [1.165, 1.54) is 0 Å². The van der Waals surface area contributed by atoms with E-state index in [-0.39, 0.29) is 5.91 Å². The molecule has 0 bridgehead atoms. The summed E-state index contributed by atoms with van der Waals surface area (Å²) in [5.41, 5.74) is 3.05. The van der Waals surface area contributed by atoms with Crippen molar-refractivity contribution >= 4 is 40.3 Å². The maximum absolute atomic E-state index is 13.0. The maximum atomic E-state index is 13.0. The number of benzene rings is 2. The third-order valence-corrected chi connectivity index (χ3v) is 5.62. The lowest BCUT2D eigenvalue weighted by Crippen LogP contribution is -2.13. The fourth-order valence-corrected chi connectivity index (χ4v) is 3.70. The van der Waals surface area contributed by atoms with E-state index in [1.54, 1.807) is 61.5 Å². The van der Waals surface area contributed by atoms with E-state index in [9.17, 15) is 9.59 Å². The van der Waals surface area contributed by atoms with Crippen molar-refractivity contribution in [3.05, 3.63) is 82.1 Å². The maximum Gasteiger partial charge on any atom is 0.344 e. The molecule has 160 valence electrons. The number of aryl methyl sites for hydroxylation is 1. The van der Waals surface area contributed by atoms with Crippen LogP contribution >= 0.6 is 11.6 Å². The zero-order valence-electron chi connectivity index (χ0n) is 17.1. The van der Waals surface area contributed by atoms with Crippen LogP contribution in [-0.4, -0.2) is 22.0 Å². The van der Waals surface area contributed by atoms with Crippen LogP contribution in [0.15, 0.2) is 59.1 Å². The van der Waals surface area contributed by atoms with Gasteiger partial charge in [-0.2, -0.15) is 0 Å². The molecule has 1 amide bonds. The number of ether oxygens (including phenoxy) is 1. The SMILES string of the molecule is Cc1noc2nc(C3CC3)cc(C(=O)Oc3ccc(NC(=O)c4ccccc4Cl)cc3)c12. The number of fused-ring (bicyclic) bond motifs is 1. The number of esters is 1. The Labute approximate surface area is 188 Å². The molecule has 1 fully saturated rings. The molecule has 1 aliphatic rings. The number of rotatable bonds is 5. The number of amides is 1. The first kappa shape index (κ1) is 20.2. The third-order valence-electron chi connectivity index (χ3n) is 5.29. The molecule has 8 heteroatoms. The topological polar surface area (TPSA) is 94.3 Å². The summed E-state index contributed by atoms with van der Waals surface area (Å²) >= 11 is 6.07. The standard InChI is InChI=1S/C24H18ClN3O4/c1-13-21-18(12-20(14-6-7-14)27-23(21)32-28-13)24(30)31-16-10-8-15(9-11-16)26-22(29)17-4-2-3-5-19(17)25/h2-5,8-12,14H,6-7H2,1H3,(H,26,29). The molecule has 2 aromatic carbocycles. The van der Waals surface area contributed by atoms with Gasteiger partial charge in [0.15, 0.2) is 0 Å². The summed E-state index contributed by atoms with van der Waals surface area (Å²) in [5, 5.41) is 7.64. The number of carbonyl (C=O) groups excluding carboxylic acids is 2. The van der Waals surface area contributed by atoms with Gasteiger partial charge >= 0.3 is 5.97 Å². The van der Waals surface area contributed by atoms with Crippen molar-refractivity contribution in [2.45, 2.75) is 25.7 Å². The molecule has 5 rings (SSSR count). The smallest absolute Gasteiger partial charge is 0.344 e. The number of aromatic nitrogens is 2. The number of nitrogens with one attached hydrogen (secondary N) is 1. The van der Waals surface area contributed by atoms with E-state index in [1.807, 2.05) is 0 Å². The Morgan fingerprint density at radius 3 is 2.56 bits per heavy atom. The number of halogens is 1. The van der Waals surface area contributed by atoms with Crippen molar-refractivity contribution in [3.8, 4) is 5.75 Å². The van der Waals surface area contributed by atoms with Crippen LogP contribution in [0.5, 0.6) is 5.75 Å². The molecule has 1 aliphatic carbocycles. The van der Waals surface area contributed by atoms with E-state index in [2.05, 4.69) is 15.5 Å². The molecular weight excluding hydrogens is 430 g/mol. The van der Waals surface area contributed by atoms with Crippen LogP contribution in [0.1, 0.15) is 50.9 Å². The van der Waals surface area contributed by atoms with E-state index in [4.69, 9.17) is 20.9 Å². The minimum atomic E-state index is -0.515. The van der Waals surface area contributed by atoms with E-state index in [0.29, 0.717) is 50.3 Å². The van der Waals surface area contributed by atoms with Crippen LogP contribution in [0.2, 0.25) is 5.02 Å². The van der Waals surface area contributed by atoms with E-state index in [0.717, 1.165) is 18.5 Å². The van der Waals surface area contributed by atoms with Gasteiger partial charge in [-0.25, -0.2) is 9.78 Å². The Hall–Kier alpha value is -3.71. The Kier molecular flexibility index (Phi) is 5.11. The highest BCUT2D eigenvalue weighted by atomic mass is 35.5. The molecule has 0 unspecified atom stereocenters. The highest BCUT2D eigenvalue weighted by Gasteiger charge is 2.29. The molecule has 0 spiro atoms. The minimum Gasteiger partial charge on any atom is -0.423 e. The van der Waals surface area contributed by atoms with Crippen molar-refractivity contribution in [1.82, 2.24) is 10.1 Å². The van der Waals surface area contributed by atoms with Gasteiger partial charge in [-0.1, -0.05) is 28.9 Å². The predicted octanol–water partition coefficient (Wildman–Crippen LogP) is 5.53. The quantitative estimate of drug-likeness (QED) is 0.319. The van der Waals surface area contributed by atoms with Crippen LogP contribution in [0, 0.1) is 6.92 Å². The summed E-state index contributed by atoms with van der Waals surface area (Å²) < 4.78 is 10.9. The molecular formula is C24H18ClN3O4. The van der Waals surface area contributed by atoms with Gasteiger partial charge in [0.1, 0.15) is 5.75 Å². The average molecular weight is 448 g/mol. The van der Waals surface area contributed by atoms with Crippen molar-refractivity contribution in [2.75, 3.05) is 5.32 Å². The number of anilines is 1. The first-order chi connectivity index (χ1) is 15.5. The first-order valence-corrected chi connectivity index (χ1v) is 10.5. The van der Waals surface area contributed by atoms with Gasteiger partial charge in [-0.15, -0.1) is 0 Å². The molecule has 0 radical (unpaired) electrons. The zero-order valence-corrected chi connectivity index (χ0v) is 17.8. The summed E-state index contributed by atoms with van der Waals surface area (Å²) in [6.45, 7) is 1.76. The van der Waals surface area contributed by atoms with Gasteiger partial charge in [0.2, 0.25) is 0 Å². The minimum absolute atomic E-state index is 0.324. The Morgan fingerprint density at radius 1 is 1.09 bits per heavy atom. The van der Waals surface area contributed by atoms with Crippen LogP contribution in [0.3, 0.4) is 0 Å². The molecule has 0 atom stereocenters. The number of nitrogens with zero attached hydrogens (tertiary/aromatic N) is 2. The Balaban J connectivity index is 1.34. The van der Waals surface area contributed by atoms with Crippen molar-refractivity contribution in [3.63, 3.8) is 0 Å². The van der Waals surface area contributed by atoms with Crippen LogP contribution in [0.25, 0.3) is 11.1 Å². The molecule has 0 saturated heterocycles. The molecule has 2 heterocycles. The van der Waals surface area contributed by atoms with Gasteiger partial charge in [0.05, 0.1) is 27.2 Å². The fourth-order valence-electron chi connectivity index (χ4n) is 3.48. The summed E-state index contributed by atoms with van der Waals surface area (Å²) in [6.07, 6.45) is 2.09. The lowest BCUT2D eigenvalue weighted by Gasteiger charge is -2.09. The Bertz CT molecular complexity index is 1340. The number of hydrogen-bond donors (Lipinski definition) is 1. The average Bonchev–Trinajstić information content (AvgIpc) is 3.58. The molecule has 32 heavy (non-hydrogen) atoms. The Morgan fingerprint density at radius 2 is 1.84 bits per heavy atom. The highest BCUT2D eigenvalue weighted by molar-refractivity contribution is 6.34. The summed E-state index contributed by atoms with van der Waals surface area (Å²) in [5.74, 6) is -0.149. The predicted molar refractivity (Wildman–Crippen MR) is 119 cm³/mol.